The van der Waals surface area contributed by atoms with Crippen LogP contribution in [-0.2, 0) is 0 Å². The molecule has 8 nitrogen and oxygen atoms in total. The van der Waals surface area contributed by atoms with E-state index in [1.807, 2.05) is 64.1 Å². The van der Waals surface area contributed by atoms with Gasteiger partial charge in [0.15, 0.2) is 0 Å². The second-order valence-electron chi connectivity index (χ2n) is 13.0. The number of hydrogen-bond acceptors (Lipinski definition) is 6. The van der Waals surface area contributed by atoms with Crippen molar-refractivity contribution in [1.29, 1.82) is 0 Å². The lowest BCUT2D eigenvalue weighted by Crippen LogP contribution is -2.36. The van der Waals surface area contributed by atoms with Gasteiger partial charge in [0, 0.05) is 50.5 Å². The van der Waals surface area contributed by atoms with Crippen LogP contribution in [0.4, 0.5) is 0 Å². The Hall–Kier alpha value is -5.24. The second kappa shape index (κ2) is 8.66. The molecular weight excluding hydrogens is 556 g/mol. The van der Waals surface area contributed by atoms with Crippen LogP contribution in [0.2, 0.25) is 0 Å². The van der Waals surface area contributed by atoms with Crippen molar-refractivity contribution in [3.8, 4) is 23.0 Å². The summed E-state index contributed by atoms with van der Waals surface area (Å²) >= 11 is 0. The molecule has 8 heteroatoms. The fraction of sp³-hybridized carbons (Fsp3) is 0.222. The minimum absolute atomic E-state index is 0.134. The van der Waals surface area contributed by atoms with E-state index < -0.39 is 17.1 Å². The van der Waals surface area contributed by atoms with Crippen LogP contribution in [0, 0.1) is 0 Å². The van der Waals surface area contributed by atoms with E-state index in [9.17, 15) is 19.8 Å². The molecule has 2 aromatic heterocycles. The minimum atomic E-state index is -0.737. The molecule has 6 aromatic rings. The first kappa shape index (κ1) is 26.4. The standard InChI is InChI=1S/C36H30N2O6/c1-35(2)14-13-19-29-28(32(41)18-10-6-7-11-21(18)37-29)33(42)26(34(19)44-35)20-16-36(3,4)43-24-15-23(39)27-30(25(20)24)38-22-12-8-5-9-17(22)31(27)40/h5-15,20,39,42H,16H2,1-4H3,(H,37,41)(H,38,40). The Balaban J connectivity index is 1.55. The molecule has 0 aliphatic carbocycles. The fourth-order valence-corrected chi connectivity index (χ4v) is 7.03. The molecule has 2 aliphatic heterocycles. The Labute approximate surface area is 251 Å². The topological polar surface area (TPSA) is 125 Å². The van der Waals surface area contributed by atoms with Crippen molar-refractivity contribution < 1.29 is 19.7 Å². The molecule has 0 radical (unpaired) electrons. The van der Waals surface area contributed by atoms with Gasteiger partial charge in [-0.25, -0.2) is 0 Å². The summed E-state index contributed by atoms with van der Waals surface area (Å²) in [6.45, 7) is 7.73. The number of ether oxygens (including phenoxy) is 2. The number of rotatable bonds is 1. The summed E-state index contributed by atoms with van der Waals surface area (Å²) in [5, 5.41) is 24.6. The third-order valence-electron chi connectivity index (χ3n) is 8.92. The molecule has 0 bridgehead atoms. The van der Waals surface area contributed by atoms with E-state index in [-0.39, 0.29) is 33.1 Å². The predicted molar refractivity (Wildman–Crippen MR) is 172 cm³/mol. The molecule has 4 heterocycles. The Morgan fingerprint density at radius 3 is 2.09 bits per heavy atom. The number of aromatic hydroxyl groups is 2. The van der Waals surface area contributed by atoms with Crippen LogP contribution in [0.25, 0.3) is 49.7 Å². The highest BCUT2D eigenvalue weighted by molar-refractivity contribution is 6.04. The van der Waals surface area contributed by atoms with Crippen molar-refractivity contribution in [3.63, 3.8) is 0 Å². The van der Waals surface area contributed by atoms with E-state index in [1.54, 1.807) is 24.3 Å². The first-order valence-electron chi connectivity index (χ1n) is 14.7. The van der Waals surface area contributed by atoms with Crippen molar-refractivity contribution in [1.82, 2.24) is 9.97 Å². The number of para-hydroxylation sites is 2. The Morgan fingerprint density at radius 1 is 0.795 bits per heavy atom. The van der Waals surface area contributed by atoms with E-state index >= 15 is 0 Å². The van der Waals surface area contributed by atoms with Gasteiger partial charge in [-0.05, 0) is 70.5 Å². The number of nitrogens with one attached hydrogen (secondary N) is 2. The molecule has 0 saturated carbocycles. The number of aromatic nitrogens is 2. The van der Waals surface area contributed by atoms with Gasteiger partial charge < -0.3 is 29.7 Å². The van der Waals surface area contributed by atoms with Crippen LogP contribution in [0.3, 0.4) is 0 Å². The number of phenols is 2. The molecule has 1 unspecified atom stereocenters. The van der Waals surface area contributed by atoms with Gasteiger partial charge in [-0.3, -0.25) is 9.59 Å². The van der Waals surface area contributed by atoms with Gasteiger partial charge in [-0.1, -0.05) is 24.3 Å². The highest BCUT2D eigenvalue weighted by Gasteiger charge is 2.42. The van der Waals surface area contributed by atoms with Crippen LogP contribution in [0.15, 0.2) is 70.3 Å². The molecule has 4 N–H and O–H groups in total. The maximum Gasteiger partial charge on any atom is 0.200 e. The van der Waals surface area contributed by atoms with E-state index in [0.29, 0.717) is 67.4 Å². The van der Waals surface area contributed by atoms with Gasteiger partial charge in [-0.15, -0.1) is 0 Å². The number of aromatic amines is 2. The molecule has 8 rings (SSSR count). The third-order valence-corrected chi connectivity index (χ3v) is 8.92. The maximum absolute atomic E-state index is 14.0. The Bertz CT molecular complexity index is 2400. The van der Waals surface area contributed by atoms with Gasteiger partial charge in [-0.2, -0.15) is 0 Å². The number of H-pyrrole nitrogens is 2. The van der Waals surface area contributed by atoms with Crippen LogP contribution >= 0.6 is 0 Å². The molecule has 0 saturated heterocycles. The largest absolute Gasteiger partial charge is 0.507 e. The zero-order valence-corrected chi connectivity index (χ0v) is 24.7. The molecule has 4 aromatic carbocycles. The summed E-state index contributed by atoms with van der Waals surface area (Å²) in [5.74, 6) is -0.134. The normalized spacial score (nSPS) is 18.2. The van der Waals surface area contributed by atoms with E-state index in [1.165, 1.54) is 6.07 Å². The van der Waals surface area contributed by atoms with Gasteiger partial charge >= 0.3 is 0 Å². The molecule has 44 heavy (non-hydrogen) atoms. The van der Waals surface area contributed by atoms with Crippen molar-refractivity contribution in [2.45, 2.75) is 51.2 Å². The number of hydrogen-bond donors (Lipinski definition) is 4. The summed E-state index contributed by atoms with van der Waals surface area (Å²) in [6, 6.07) is 15.8. The van der Waals surface area contributed by atoms with Gasteiger partial charge in [0.2, 0.25) is 10.9 Å². The maximum atomic E-state index is 14.0. The first-order chi connectivity index (χ1) is 20.9. The molecule has 2 aliphatic rings. The molecule has 0 fully saturated rings. The summed E-state index contributed by atoms with van der Waals surface area (Å²) in [7, 11) is 0. The zero-order chi connectivity index (χ0) is 30.7. The molecule has 220 valence electrons. The number of benzene rings is 4. The fourth-order valence-electron chi connectivity index (χ4n) is 7.03. The smallest absolute Gasteiger partial charge is 0.200 e. The van der Waals surface area contributed by atoms with E-state index in [4.69, 9.17) is 9.47 Å². The third kappa shape index (κ3) is 3.63. The first-order valence-corrected chi connectivity index (χ1v) is 14.7. The Morgan fingerprint density at radius 2 is 1.41 bits per heavy atom. The predicted octanol–water partition coefficient (Wildman–Crippen LogP) is 6.96. The molecule has 0 amide bonds. The highest BCUT2D eigenvalue weighted by atomic mass is 16.5. The molecule has 0 spiro atoms. The zero-order valence-electron chi connectivity index (χ0n) is 24.7. The van der Waals surface area contributed by atoms with Crippen molar-refractivity contribution >= 4 is 49.7 Å². The minimum Gasteiger partial charge on any atom is -0.507 e. The summed E-state index contributed by atoms with van der Waals surface area (Å²) in [5.41, 5.74) is 1.80. The van der Waals surface area contributed by atoms with Crippen LogP contribution < -0.4 is 20.3 Å². The average molecular weight is 587 g/mol. The highest BCUT2D eigenvalue weighted by Crippen LogP contribution is 2.55. The SMILES string of the molecule is CC1(C)C=Cc2c(c(C3CC(C)(C)Oc4cc(O)c5c(=O)c6ccccc6[nH]c5c43)c(O)c3c(=O)c4ccccc4[nH]c23)O1. The number of pyridine rings is 2. The summed E-state index contributed by atoms with van der Waals surface area (Å²) in [4.78, 5) is 34.5. The van der Waals surface area contributed by atoms with Crippen molar-refractivity contribution in [2.75, 3.05) is 0 Å². The van der Waals surface area contributed by atoms with Crippen LogP contribution in [0.5, 0.6) is 23.0 Å². The van der Waals surface area contributed by atoms with E-state index in [2.05, 4.69) is 9.97 Å². The quantitative estimate of drug-likeness (QED) is 0.154. The monoisotopic (exact) mass is 586 g/mol. The summed E-state index contributed by atoms with van der Waals surface area (Å²) in [6.07, 6.45) is 4.26. The lowest BCUT2D eigenvalue weighted by Gasteiger charge is -2.40. The van der Waals surface area contributed by atoms with Crippen molar-refractivity contribution in [2.24, 2.45) is 0 Å². The molecule has 1 atom stereocenters. The van der Waals surface area contributed by atoms with Gasteiger partial charge in [0.05, 0.1) is 21.8 Å². The van der Waals surface area contributed by atoms with Crippen molar-refractivity contribution in [3.05, 3.63) is 97.8 Å². The summed E-state index contributed by atoms with van der Waals surface area (Å²) < 4.78 is 13.0. The van der Waals surface area contributed by atoms with E-state index in [0.717, 1.165) is 0 Å². The Kier molecular flexibility index (Phi) is 5.19. The second-order valence-corrected chi connectivity index (χ2v) is 13.0. The van der Waals surface area contributed by atoms with Crippen LogP contribution in [0.1, 0.15) is 56.7 Å². The van der Waals surface area contributed by atoms with Gasteiger partial charge in [0.1, 0.15) is 34.2 Å². The molecular formula is C36H30N2O6. The van der Waals surface area contributed by atoms with Gasteiger partial charge in [0.25, 0.3) is 0 Å². The lowest BCUT2D eigenvalue weighted by molar-refractivity contribution is 0.0763. The number of fused-ring (bicyclic) bond motifs is 8. The average Bonchev–Trinajstić information content (AvgIpc) is 2.96. The number of phenolic OH excluding ortho intramolecular Hbond substituents is 2. The lowest BCUT2D eigenvalue weighted by atomic mass is 9.76. The van der Waals surface area contributed by atoms with Crippen LogP contribution in [-0.4, -0.2) is 31.4 Å².